The second-order valence-corrected chi connectivity index (χ2v) is 5.98. The van der Waals surface area contributed by atoms with Crippen molar-refractivity contribution in [2.75, 3.05) is 0 Å². The van der Waals surface area contributed by atoms with Crippen LogP contribution in [0.2, 0.25) is 0 Å². The summed E-state index contributed by atoms with van der Waals surface area (Å²) in [6.07, 6.45) is -7.38. The van der Waals surface area contributed by atoms with Gasteiger partial charge in [-0.05, 0) is 13.0 Å². The summed E-state index contributed by atoms with van der Waals surface area (Å²) in [7, 11) is 0. The lowest BCUT2D eigenvalue weighted by Gasteiger charge is -2.43. The first-order valence-corrected chi connectivity index (χ1v) is 7.20. The van der Waals surface area contributed by atoms with Gasteiger partial charge in [-0.1, -0.05) is 0 Å². The van der Waals surface area contributed by atoms with Gasteiger partial charge in [0.05, 0.1) is 0 Å². The van der Waals surface area contributed by atoms with Crippen molar-refractivity contribution in [1.29, 1.82) is 0 Å². The molecule has 0 aromatic heterocycles. The quantitative estimate of drug-likeness (QED) is 0.282. The van der Waals surface area contributed by atoms with Crippen LogP contribution in [0.3, 0.4) is 0 Å². The summed E-state index contributed by atoms with van der Waals surface area (Å²) in [5, 5.41) is 7.95. The van der Waals surface area contributed by atoms with Crippen molar-refractivity contribution < 1.29 is 84.5 Å². The minimum absolute atomic E-state index is 0.682. The average molecular weight is 518 g/mol. The van der Waals surface area contributed by atoms with Crippen LogP contribution in [0.25, 0.3) is 0 Å². The lowest BCUT2D eigenvalue weighted by Crippen LogP contribution is -2.75. The van der Waals surface area contributed by atoms with Gasteiger partial charge in [0.15, 0.2) is 6.17 Å². The number of alkyl halides is 17. The first kappa shape index (κ1) is 30.0. The number of hydrogen-bond acceptors (Lipinski definition) is 1. The third kappa shape index (κ3) is 3.84. The predicted molar refractivity (Wildman–Crippen MR) is 66.9 cm³/mol. The highest BCUT2D eigenvalue weighted by Crippen LogP contribution is 2.64. The first-order chi connectivity index (χ1) is 13.6. The van der Waals surface area contributed by atoms with Gasteiger partial charge in [-0.15, -0.1) is 0 Å². The molecule has 0 aromatic rings. The second kappa shape index (κ2) is 7.81. The van der Waals surface area contributed by atoms with E-state index >= 15 is 0 Å². The summed E-state index contributed by atoms with van der Waals surface area (Å²) in [5.74, 6) is -66.5. The summed E-state index contributed by atoms with van der Waals surface area (Å²) < 4.78 is 225. The molecule has 0 aliphatic heterocycles. The van der Waals surface area contributed by atoms with Crippen molar-refractivity contribution in [2.45, 2.75) is 60.5 Å². The summed E-state index contributed by atoms with van der Waals surface area (Å²) >= 11 is 0. The van der Waals surface area contributed by atoms with E-state index in [0.717, 1.165) is 0 Å². The Morgan fingerprint density at radius 3 is 1.19 bits per heavy atom. The van der Waals surface area contributed by atoms with Crippen molar-refractivity contribution in [3.05, 3.63) is 12.2 Å². The molecule has 19 heteroatoms. The monoisotopic (exact) mass is 518 g/mol. The molecule has 1 atom stereocenters. The molecule has 1 N–H and O–H groups in total. The van der Waals surface area contributed by atoms with Crippen LogP contribution in [-0.4, -0.2) is 64.6 Å². The number of aliphatic carboxylic acids is 1. The van der Waals surface area contributed by atoms with E-state index in [2.05, 4.69) is 0 Å². The van der Waals surface area contributed by atoms with Crippen molar-refractivity contribution in [3.8, 4) is 0 Å². The zero-order valence-corrected chi connectivity index (χ0v) is 14.5. The third-order valence-electron chi connectivity index (χ3n) is 3.74. The number of halogens is 17. The third-order valence-corrected chi connectivity index (χ3v) is 3.74. The maximum atomic E-state index is 13.4. The smallest absolute Gasteiger partial charge is 0.385 e. The van der Waals surface area contributed by atoms with Gasteiger partial charge in [-0.25, -0.2) is 9.18 Å². The Bertz CT molecular complexity index is 737. The molecule has 0 radical (unpaired) electrons. The zero-order valence-electron chi connectivity index (χ0n) is 14.5. The number of carboxylic acids is 1. The minimum atomic E-state index is -8.65. The summed E-state index contributed by atoms with van der Waals surface area (Å²) in [6, 6.07) is 0. The Morgan fingerprint density at radius 2 is 0.906 bits per heavy atom. The van der Waals surface area contributed by atoms with Crippen molar-refractivity contribution in [1.82, 2.24) is 0 Å². The van der Waals surface area contributed by atoms with Gasteiger partial charge in [0, 0.05) is 6.08 Å². The van der Waals surface area contributed by atoms with Crippen LogP contribution in [0.1, 0.15) is 6.92 Å². The number of rotatable bonds is 10. The molecule has 0 heterocycles. The van der Waals surface area contributed by atoms with E-state index in [0.29, 0.717) is 0 Å². The minimum Gasteiger partial charge on any atom is -0.478 e. The van der Waals surface area contributed by atoms with Crippen LogP contribution in [-0.2, 0) is 4.79 Å². The van der Waals surface area contributed by atoms with Crippen LogP contribution in [0.15, 0.2) is 12.2 Å². The van der Waals surface area contributed by atoms with Gasteiger partial charge < -0.3 is 5.11 Å². The van der Waals surface area contributed by atoms with Gasteiger partial charge in [0.2, 0.25) is 0 Å². The van der Waals surface area contributed by atoms with Crippen LogP contribution in [0.5, 0.6) is 0 Å². The molecule has 0 aliphatic carbocycles. The van der Waals surface area contributed by atoms with Gasteiger partial charge in [-0.2, -0.15) is 70.2 Å². The number of allylic oxidation sites excluding steroid dienone is 1. The molecule has 2 nitrogen and oxygen atoms in total. The van der Waals surface area contributed by atoms with E-state index in [1.54, 1.807) is 0 Å². The maximum absolute atomic E-state index is 13.4. The zero-order chi connectivity index (χ0) is 26.6. The fraction of sp³-hybridized carbons (Fsp3) is 0.769. The summed E-state index contributed by atoms with van der Waals surface area (Å²) in [5.41, 5.74) is 0. The summed E-state index contributed by atoms with van der Waals surface area (Å²) in [4.78, 5) is 9.96. The lowest BCUT2D eigenvalue weighted by molar-refractivity contribution is -0.452. The number of hydrogen-bond donors (Lipinski definition) is 1. The molecule has 0 spiro atoms. The molecule has 0 rings (SSSR count). The topological polar surface area (TPSA) is 37.3 Å². The van der Waals surface area contributed by atoms with E-state index in [9.17, 15) is 79.4 Å². The standard InChI is InChI=1S/C13H7F17O2/c1-4(14)7(17,18)9(21,22)11(25,26)13(29,30)12(27,28)10(23,24)8(19,20)6(15,16)3-2-5(31)32/h2-4H,1H3,(H,31,32)/b3-2+. The Kier molecular flexibility index (Phi) is 7.32. The highest BCUT2D eigenvalue weighted by Gasteiger charge is 2.94. The molecule has 0 aliphatic rings. The van der Waals surface area contributed by atoms with E-state index < -0.39 is 78.6 Å². The van der Waals surface area contributed by atoms with E-state index in [4.69, 9.17) is 5.11 Å². The Hall–Kier alpha value is -1.98. The van der Waals surface area contributed by atoms with E-state index in [1.807, 2.05) is 0 Å². The summed E-state index contributed by atoms with van der Waals surface area (Å²) in [6.45, 7) is -0.682. The fourth-order valence-electron chi connectivity index (χ4n) is 1.74. The normalized spacial score (nSPS) is 17.1. The molecule has 0 fully saturated rings. The Labute approximate surface area is 164 Å². The fourth-order valence-corrected chi connectivity index (χ4v) is 1.74. The van der Waals surface area contributed by atoms with Gasteiger partial charge >= 0.3 is 53.3 Å². The average Bonchev–Trinajstić information content (AvgIpc) is 2.58. The van der Waals surface area contributed by atoms with Crippen LogP contribution < -0.4 is 0 Å². The predicted octanol–water partition coefficient (Wildman–Crippen LogP) is 6.07. The van der Waals surface area contributed by atoms with Gasteiger partial charge in [-0.3, -0.25) is 0 Å². The van der Waals surface area contributed by atoms with Gasteiger partial charge in [0.25, 0.3) is 0 Å². The van der Waals surface area contributed by atoms with Gasteiger partial charge in [0.1, 0.15) is 0 Å². The Balaban J connectivity index is 6.83. The van der Waals surface area contributed by atoms with Crippen molar-refractivity contribution in [2.24, 2.45) is 0 Å². The molecule has 1 unspecified atom stereocenters. The lowest BCUT2D eigenvalue weighted by atomic mass is 9.87. The van der Waals surface area contributed by atoms with Crippen molar-refractivity contribution >= 4 is 5.97 Å². The second-order valence-electron chi connectivity index (χ2n) is 5.98. The van der Waals surface area contributed by atoms with Crippen molar-refractivity contribution in [3.63, 3.8) is 0 Å². The molecule has 0 aromatic carbocycles. The largest absolute Gasteiger partial charge is 0.478 e. The number of carboxylic acid groups (broad SMARTS) is 1. The maximum Gasteiger partial charge on any atom is 0.385 e. The SMILES string of the molecule is CC(F)C(F)(F)C(F)(F)C(F)(F)C(F)(F)C(F)(F)C(F)(F)C(F)(F)C(F)(F)/C=C/C(=O)O. The van der Waals surface area contributed by atoms with E-state index in [-0.39, 0.29) is 0 Å². The molecule has 0 bridgehead atoms. The highest BCUT2D eigenvalue weighted by atomic mass is 19.4. The molecule has 0 saturated heterocycles. The molecule has 0 saturated carbocycles. The molecule has 32 heavy (non-hydrogen) atoms. The molecular weight excluding hydrogens is 511 g/mol. The molecule has 190 valence electrons. The van der Waals surface area contributed by atoms with Crippen LogP contribution in [0.4, 0.5) is 74.6 Å². The Morgan fingerprint density at radius 1 is 0.625 bits per heavy atom. The van der Waals surface area contributed by atoms with Crippen LogP contribution in [0, 0.1) is 0 Å². The molecule has 0 amide bonds. The number of carbonyl (C=O) groups is 1. The van der Waals surface area contributed by atoms with Crippen LogP contribution >= 0.6 is 0 Å². The van der Waals surface area contributed by atoms with E-state index in [1.165, 1.54) is 0 Å². The molecular formula is C13H7F17O2. The highest BCUT2D eigenvalue weighted by molar-refractivity contribution is 5.79. The first-order valence-electron chi connectivity index (χ1n) is 7.20.